The Morgan fingerprint density at radius 3 is 2.43 bits per heavy atom. The van der Waals surface area contributed by atoms with E-state index in [1.807, 2.05) is 30.3 Å². The van der Waals surface area contributed by atoms with E-state index in [-0.39, 0.29) is 29.3 Å². The monoisotopic (exact) mass is 524 g/mol. The van der Waals surface area contributed by atoms with Crippen LogP contribution in [0.3, 0.4) is 0 Å². The summed E-state index contributed by atoms with van der Waals surface area (Å²) >= 11 is 0. The van der Waals surface area contributed by atoms with Crippen molar-refractivity contribution < 1.29 is 23.1 Å². The van der Waals surface area contributed by atoms with Gasteiger partial charge >= 0.3 is 0 Å². The molecule has 9 nitrogen and oxygen atoms in total. The lowest BCUT2D eigenvalue weighted by Crippen LogP contribution is -2.49. The van der Waals surface area contributed by atoms with Crippen LogP contribution in [0, 0.1) is 0 Å². The Kier molecular flexibility index (Phi) is 8.42. The number of hydrogen-bond acceptors (Lipinski definition) is 6. The highest BCUT2D eigenvalue weighted by molar-refractivity contribution is 7.87. The smallest absolute Gasteiger partial charge is 0.277 e. The highest BCUT2D eigenvalue weighted by Crippen LogP contribution is 2.39. The molecule has 1 aliphatic rings. The van der Waals surface area contributed by atoms with Crippen LogP contribution < -0.4 is 19.5 Å². The van der Waals surface area contributed by atoms with Crippen molar-refractivity contribution in [3.8, 4) is 11.5 Å². The van der Waals surface area contributed by atoms with Crippen molar-refractivity contribution >= 4 is 16.1 Å². The number of phenols is 1. The number of amides is 1. The SMILES string of the molecule is COc1cccc(O)c1C(=O)NC[C@]1(c2ccccc2)CC[C@H](NS(=O)(=O)NCc2ccncc2)CC1. The lowest BCUT2D eigenvalue weighted by Gasteiger charge is -2.41. The fraction of sp³-hybridized carbons (Fsp3) is 0.333. The van der Waals surface area contributed by atoms with E-state index in [0.29, 0.717) is 38.0 Å². The van der Waals surface area contributed by atoms with E-state index in [2.05, 4.69) is 19.7 Å². The summed E-state index contributed by atoms with van der Waals surface area (Å²) in [6.07, 6.45) is 5.81. The summed E-state index contributed by atoms with van der Waals surface area (Å²) in [5, 5.41) is 13.2. The summed E-state index contributed by atoms with van der Waals surface area (Å²) in [6.45, 7) is 0.521. The first kappa shape index (κ1) is 26.6. The number of benzene rings is 2. The zero-order valence-electron chi connectivity index (χ0n) is 20.7. The zero-order valence-corrected chi connectivity index (χ0v) is 21.5. The fourth-order valence-electron chi connectivity index (χ4n) is 4.84. The third kappa shape index (κ3) is 6.65. The van der Waals surface area contributed by atoms with Gasteiger partial charge in [0.25, 0.3) is 16.1 Å². The van der Waals surface area contributed by atoms with Gasteiger partial charge in [0.05, 0.1) is 7.11 Å². The molecule has 0 radical (unpaired) electrons. The van der Waals surface area contributed by atoms with E-state index in [1.165, 1.54) is 13.2 Å². The van der Waals surface area contributed by atoms with Crippen LogP contribution in [-0.4, -0.2) is 44.1 Å². The normalized spacial score (nSPS) is 19.8. The first-order chi connectivity index (χ1) is 17.8. The molecule has 1 heterocycles. The summed E-state index contributed by atoms with van der Waals surface area (Å²) < 4.78 is 35.9. The Morgan fingerprint density at radius 2 is 1.76 bits per heavy atom. The summed E-state index contributed by atoms with van der Waals surface area (Å²) in [4.78, 5) is 17.0. The largest absolute Gasteiger partial charge is 0.507 e. The van der Waals surface area contributed by atoms with Gasteiger partial charge in [0.1, 0.15) is 17.1 Å². The number of aromatic nitrogens is 1. The first-order valence-corrected chi connectivity index (χ1v) is 13.7. The average Bonchev–Trinajstić information content (AvgIpc) is 2.92. The number of phenolic OH excluding ortho intramolecular Hbond substituents is 1. The highest BCUT2D eigenvalue weighted by atomic mass is 32.2. The molecule has 4 rings (SSSR count). The Hall–Kier alpha value is -3.47. The first-order valence-electron chi connectivity index (χ1n) is 12.2. The number of pyridine rings is 1. The summed E-state index contributed by atoms with van der Waals surface area (Å²) in [6, 6.07) is 17.9. The maximum absolute atomic E-state index is 13.0. The molecule has 0 saturated heterocycles. The second kappa shape index (κ2) is 11.7. The van der Waals surface area contributed by atoms with Crippen molar-refractivity contribution in [2.24, 2.45) is 0 Å². The quantitative estimate of drug-likeness (QED) is 0.323. The van der Waals surface area contributed by atoms with Gasteiger partial charge in [0.2, 0.25) is 0 Å². The molecular formula is C27H32N4O5S. The molecule has 1 aliphatic carbocycles. The minimum absolute atomic E-state index is 0.0925. The standard InChI is InChI=1S/C27H32N4O5S/c1-36-24-9-5-8-23(32)25(24)26(33)29-19-27(21-6-3-2-4-7-21)14-10-22(11-15-27)31-37(34,35)30-18-20-12-16-28-17-13-20/h2-9,12-13,16-17,22,30-32H,10-11,14-15,18-19H2,1H3,(H,29,33)/t22-,27-. The number of rotatable bonds is 10. The van der Waals surface area contributed by atoms with Gasteiger partial charge in [-0.3, -0.25) is 9.78 Å². The molecule has 0 spiro atoms. The third-order valence-corrected chi connectivity index (χ3v) is 8.07. The average molecular weight is 525 g/mol. The molecule has 37 heavy (non-hydrogen) atoms. The summed E-state index contributed by atoms with van der Waals surface area (Å²) in [7, 11) is -2.24. The number of hydrogen-bond donors (Lipinski definition) is 4. The molecule has 10 heteroatoms. The fourth-order valence-corrected chi connectivity index (χ4v) is 5.96. The van der Waals surface area contributed by atoms with Crippen molar-refractivity contribution in [2.75, 3.05) is 13.7 Å². The summed E-state index contributed by atoms with van der Waals surface area (Å²) in [5.74, 6) is -0.278. The third-order valence-electron chi connectivity index (χ3n) is 6.90. The van der Waals surface area contributed by atoms with Crippen LogP contribution in [0.2, 0.25) is 0 Å². The molecule has 1 fully saturated rings. The number of carbonyl (C=O) groups excluding carboxylic acids is 1. The molecule has 0 unspecified atom stereocenters. The van der Waals surface area contributed by atoms with Crippen LogP contribution in [0.5, 0.6) is 11.5 Å². The van der Waals surface area contributed by atoms with Gasteiger partial charge in [0, 0.05) is 36.9 Å². The molecule has 1 amide bonds. The number of ether oxygens (including phenoxy) is 1. The minimum atomic E-state index is -3.69. The number of aromatic hydroxyl groups is 1. The van der Waals surface area contributed by atoms with E-state index in [4.69, 9.17) is 4.74 Å². The molecule has 1 aromatic heterocycles. The second-order valence-corrected chi connectivity index (χ2v) is 10.8. The lowest BCUT2D eigenvalue weighted by molar-refractivity contribution is 0.0929. The maximum Gasteiger partial charge on any atom is 0.277 e. The number of methoxy groups -OCH3 is 1. The molecule has 0 bridgehead atoms. The van der Waals surface area contributed by atoms with Crippen LogP contribution in [-0.2, 0) is 22.2 Å². The Morgan fingerprint density at radius 1 is 1.05 bits per heavy atom. The van der Waals surface area contributed by atoms with Gasteiger partial charge in [0.15, 0.2) is 0 Å². The van der Waals surface area contributed by atoms with Crippen molar-refractivity contribution in [3.05, 3.63) is 89.7 Å². The molecule has 1 saturated carbocycles. The molecule has 0 aliphatic heterocycles. The van der Waals surface area contributed by atoms with Crippen molar-refractivity contribution in [3.63, 3.8) is 0 Å². The van der Waals surface area contributed by atoms with E-state index in [0.717, 1.165) is 11.1 Å². The van der Waals surface area contributed by atoms with Crippen molar-refractivity contribution in [2.45, 2.75) is 43.7 Å². The van der Waals surface area contributed by atoms with Crippen LogP contribution in [0.4, 0.5) is 0 Å². The van der Waals surface area contributed by atoms with E-state index in [1.54, 1.807) is 36.7 Å². The maximum atomic E-state index is 13.0. The Balaban J connectivity index is 1.43. The topological polar surface area (TPSA) is 130 Å². The van der Waals surface area contributed by atoms with Gasteiger partial charge in [-0.2, -0.15) is 17.9 Å². The van der Waals surface area contributed by atoms with Crippen LogP contribution >= 0.6 is 0 Å². The van der Waals surface area contributed by atoms with Crippen LogP contribution in [0.15, 0.2) is 73.1 Å². The molecule has 2 aromatic carbocycles. The van der Waals surface area contributed by atoms with Gasteiger partial charge in [-0.1, -0.05) is 36.4 Å². The second-order valence-electron chi connectivity index (χ2n) is 9.26. The predicted molar refractivity (Wildman–Crippen MR) is 141 cm³/mol. The molecule has 3 aromatic rings. The molecule has 196 valence electrons. The van der Waals surface area contributed by atoms with E-state index in [9.17, 15) is 18.3 Å². The van der Waals surface area contributed by atoms with Gasteiger partial charge in [-0.05, 0) is 61.1 Å². The van der Waals surface area contributed by atoms with E-state index < -0.39 is 16.1 Å². The molecule has 4 N–H and O–H groups in total. The van der Waals surface area contributed by atoms with Crippen molar-refractivity contribution in [1.29, 1.82) is 0 Å². The number of nitrogens with zero attached hydrogens (tertiary/aromatic N) is 1. The number of nitrogens with one attached hydrogen (secondary N) is 3. The van der Waals surface area contributed by atoms with Crippen molar-refractivity contribution in [1.82, 2.24) is 19.7 Å². The van der Waals surface area contributed by atoms with Crippen LogP contribution in [0.25, 0.3) is 0 Å². The van der Waals surface area contributed by atoms with Gasteiger partial charge in [-0.25, -0.2) is 0 Å². The summed E-state index contributed by atoms with van der Waals surface area (Å²) in [5.41, 5.74) is 1.62. The van der Waals surface area contributed by atoms with Crippen LogP contribution in [0.1, 0.15) is 47.2 Å². The predicted octanol–water partition coefficient (Wildman–Crippen LogP) is 3.03. The lowest BCUT2D eigenvalue weighted by atomic mass is 9.68. The van der Waals surface area contributed by atoms with E-state index >= 15 is 0 Å². The van der Waals surface area contributed by atoms with Gasteiger partial charge < -0.3 is 15.2 Å². The minimum Gasteiger partial charge on any atom is -0.507 e. The zero-order chi connectivity index (χ0) is 26.3. The Labute approximate surface area is 217 Å². The van der Waals surface area contributed by atoms with Gasteiger partial charge in [-0.15, -0.1) is 0 Å². The highest BCUT2D eigenvalue weighted by Gasteiger charge is 2.38. The Bertz CT molecular complexity index is 1290. The molecular weight excluding hydrogens is 492 g/mol. The molecule has 0 atom stereocenters. The number of carbonyl (C=O) groups is 1.